The zero-order valence-corrected chi connectivity index (χ0v) is 7.39. The number of hydrogen-bond acceptors (Lipinski definition) is 3. The summed E-state index contributed by atoms with van der Waals surface area (Å²) in [7, 11) is 1.91. The van der Waals surface area contributed by atoms with Gasteiger partial charge in [-0.2, -0.15) is 0 Å². The number of hydrogen-bond donors (Lipinski definition) is 0. The zero-order chi connectivity index (χ0) is 8.27. The maximum Gasteiger partial charge on any atom is 0.168 e. The van der Waals surface area contributed by atoms with E-state index in [1.54, 1.807) is 13.1 Å². The number of aromatic nitrogens is 2. The van der Waals surface area contributed by atoms with Crippen LogP contribution in [0.3, 0.4) is 0 Å². The smallest absolute Gasteiger partial charge is 0.168 e. The summed E-state index contributed by atoms with van der Waals surface area (Å²) in [5.74, 6) is 0.684. The molecule has 1 rings (SSSR count). The molecule has 4 heteroatoms. The molecule has 0 saturated heterocycles. The number of carbonyl (C=O) groups excluding carboxylic acids is 1. The van der Waals surface area contributed by atoms with Crippen molar-refractivity contribution in [2.45, 2.75) is 12.1 Å². The second kappa shape index (κ2) is 3.57. The van der Waals surface area contributed by atoms with Crippen LogP contribution in [0.25, 0.3) is 0 Å². The SMILES string of the molecule is CC(=O)CSc1nccn1C. The van der Waals surface area contributed by atoms with Gasteiger partial charge in [0.05, 0.1) is 5.75 Å². The first kappa shape index (κ1) is 8.33. The summed E-state index contributed by atoms with van der Waals surface area (Å²) in [4.78, 5) is 14.7. The number of carbonyl (C=O) groups is 1. The summed E-state index contributed by atoms with van der Waals surface area (Å²) in [6.07, 6.45) is 3.59. The Labute approximate surface area is 69.8 Å². The van der Waals surface area contributed by atoms with Crippen LogP contribution in [0.15, 0.2) is 17.6 Å². The van der Waals surface area contributed by atoms with E-state index in [9.17, 15) is 4.79 Å². The Balaban J connectivity index is 2.51. The number of aryl methyl sites for hydroxylation is 1. The molecule has 0 aliphatic heterocycles. The molecule has 0 radical (unpaired) electrons. The number of nitrogens with zero attached hydrogens (tertiary/aromatic N) is 2. The van der Waals surface area contributed by atoms with Gasteiger partial charge in [-0.3, -0.25) is 4.79 Å². The first-order valence-electron chi connectivity index (χ1n) is 3.29. The van der Waals surface area contributed by atoms with E-state index in [0.717, 1.165) is 5.16 Å². The topological polar surface area (TPSA) is 34.9 Å². The van der Waals surface area contributed by atoms with Gasteiger partial charge in [-0.1, -0.05) is 11.8 Å². The van der Waals surface area contributed by atoms with E-state index in [-0.39, 0.29) is 5.78 Å². The highest BCUT2D eigenvalue weighted by Gasteiger charge is 2.00. The number of imidazole rings is 1. The maximum atomic E-state index is 10.6. The van der Waals surface area contributed by atoms with Gasteiger partial charge in [0.25, 0.3) is 0 Å². The lowest BCUT2D eigenvalue weighted by atomic mass is 10.5. The van der Waals surface area contributed by atoms with Crippen LogP contribution in [0.2, 0.25) is 0 Å². The molecule has 3 nitrogen and oxygen atoms in total. The van der Waals surface area contributed by atoms with Gasteiger partial charge in [0.2, 0.25) is 0 Å². The largest absolute Gasteiger partial charge is 0.329 e. The van der Waals surface area contributed by atoms with Crippen molar-refractivity contribution in [2.75, 3.05) is 5.75 Å². The highest BCUT2D eigenvalue weighted by atomic mass is 32.2. The number of Topliss-reactive ketones (excluding diaryl/α,β-unsaturated/α-hetero) is 1. The number of rotatable bonds is 3. The minimum atomic E-state index is 0.179. The Hall–Kier alpha value is -0.770. The quantitative estimate of drug-likeness (QED) is 0.637. The lowest BCUT2D eigenvalue weighted by Crippen LogP contribution is -1.96. The minimum absolute atomic E-state index is 0.179. The molecule has 1 aromatic heterocycles. The van der Waals surface area contributed by atoms with Crippen LogP contribution in [-0.4, -0.2) is 21.1 Å². The third kappa shape index (κ3) is 2.38. The molecule has 0 aliphatic rings. The average Bonchev–Trinajstić information content (AvgIpc) is 2.31. The Morgan fingerprint density at radius 1 is 1.82 bits per heavy atom. The number of thioether (sulfide) groups is 1. The van der Waals surface area contributed by atoms with Crippen LogP contribution < -0.4 is 0 Å². The van der Waals surface area contributed by atoms with Crippen molar-refractivity contribution >= 4 is 17.5 Å². The summed E-state index contributed by atoms with van der Waals surface area (Å²) < 4.78 is 1.90. The summed E-state index contributed by atoms with van der Waals surface area (Å²) in [6.45, 7) is 1.58. The van der Waals surface area contributed by atoms with Crippen molar-refractivity contribution in [1.29, 1.82) is 0 Å². The molecule has 11 heavy (non-hydrogen) atoms. The molecule has 0 fully saturated rings. The standard InChI is InChI=1S/C7H10N2OS/c1-6(10)5-11-7-8-3-4-9(7)2/h3-4H,5H2,1-2H3. The van der Waals surface area contributed by atoms with E-state index < -0.39 is 0 Å². The van der Waals surface area contributed by atoms with Crippen LogP contribution in [0.5, 0.6) is 0 Å². The Kier molecular flexibility index (Phi) is 2.70. The van der Waals surface area contributed by atoms with Gasteiger partial charge in [0, 0.05) is 19.4 Å². The zero-order valence-electron chi connectivity index (χ0n) is 6.57. The van der Waals surface area contributed by atoms with Crippen molar-refractivity contribution in [3.8, 4) is 0 Å². The molecule has 0 unspecified atom stereocenters. The van der Waals surface area contributed by atoms with Crippen LogP contribution in [-0.2, 0) is 11.8 Å². The maximum absolute atomic E-state index is 10.6. The van der Waals surface area contributed by atoms with E-state index in [0.29, 0.717) is 5.75 Å². The molecule has 0 aromatic carbocycles. The second-order valence-corrected chi connectivity index (χ2v) is 3.25. The molecule has 1 aromatic rings. The molecule has 1 heterocycles. The van der Waals surface area contributed by atoms with E-state index in [1.165, 1.54) is 11.8 Å². The van der Waals surface area contributed by atoms with Crippen molar-refractivity contribution in [3.05, 3.63) is 12.4 Å². The first-order valence-corrected chi connectivity index (χ1v) is 4.28. The molecule has 0 atom stereocenters. The van der Waals surface area contributed by atoms with E-state index in [4.69, 9.17) is 0 Å². The molecule has 0 saturated carbocycles. The highest BCUT2D eigenvalue weighted by Crippen LogP contribution is 2.13. The minimum Gasteiger partial charge on any atom is -0.329 e. The van der Waals surface area contributed by atoms with Crippen molar-refractivity contribution < 1.29 is 4.79 Å². The first-order chi connectivity index (χ1) is 5.20. The lowest BCUT2D eigenvalue weighted by Gasteiger charge is -1.97. The Morgan fingerprint density at radius 3 is 3.00 bits per heavy atom. The fourth-order valence-electron chi connectivity index (χ4n) is 0.657. The molecule has 0 bridgehead atoms. The Bertz CT molecular complexity index is 257. The molecular weight excluding hydrogens is 160 g/mol. The fourth-order valence-corrected chi connectivity index (χ4v) is 1.39. The monoisotopic (exact) mass is 170 g/mol. The summed E-state index contributed by atoms with van der Waals surface area (Å²) >= 11 is 1.46. The summed E-state index contributed by atoms with van der Waals surface area (Å²) in [6, 6.07) is 0. The van der Waals surface area contributed by atoms with E-state index >= 15 is 0 Å². The predicted molar refractivity (Wildman–Crippen MR) is 44.6 cm³/mol. The van der Waals surface area contributed by atoms with Gasteiger partial charge in [0.15, 0.2) is 5.16 Å². The fraction of sp³-hybridized carbons (Fsp3) is 0.429. The molecule has 0 amide bonds. The van der Waals surface area contributed by atoms with E-state index in [1.807, 2.05) is 17.8 Å². The normalized spacial score (nSPS) is 10.0. The van der Waals surface area contributed by atoms with Crippen molar-refractivity contribution in [2.24, 2.45) is 7.05 Å². The van der Waals surface area contributed by atoms with E-state index in [2.05, 4.69) is 4.98 Å². The van der Waals surface area contributed by atoms with Crippen molar-refractivity contribution in [3.63, 3.8) is 0 Å². The third-order valence-electron chi connectivity index (χ3n) is 1.18. The molecule has 60 valence electrons. The Morgan fingerprint density at radius 2 is 2.55 bits per heavy atom. The van der Waals surface area contributed by atoms with Gasteiger partial charge < -0.3 is 4.57 Å². The number of ketones is 1. The van der Waals surface area contributed by atoms with Crippen LogP contribution in [0.4, 0.5) is 0 Å². The molecule has 0 spiro atoms. The third-order valence-corrected chi connectivity index (χ3v) is 2.38. The predicted octanol–water partition coefficient (Wildman–Crippen LogP) is 1.10. The van der Waals surface area contributed by atoms with Crippen LogP contribution >= 0.6 is 11.8 Å². The average molecular weight is 170 g/mol. The van der Waals surface area contributed by atoms with Gasteiger partial charge >= 0.3 is 0 Å². The highest BCUT2D eigenvalue weighted by molar-refractivity contribution is 7.99. The van der Waals surface area contributed by atoms with Crippen molar-refractivity contribution in [1.82, 2.24) is 9.55 Å². The van der Waals surface area contributed by atoms with Gasteiger partial charge in [-0.15, -0.1) is 0 Å². The second-order valence-electron chi connectivity index (χ2n) is 2.31. The lowest BCUT2D eigenvalue weighted by molar-refractivity contribution is -0.114. The molecule has 0 aliphatic carbocycles. The summed E-state index contributed by atoms with van der Waals surface area (Å²) in [5.41, 5.74) is 0. The van der Waals surface area contributed by atoms with Crippen LogP contribution in [0, 0.1) is 0 Å². The van der Waals surface area contributed by atoms with Gasteiger partial charge in [0.1, 0.15) is 5.78 Å². The van der Waals surface area contributed by atoms with Gasteiger partial charge in [-0.05, 0) is 6.92 Å². The molecule has 0 N–H and O–H groups in total. The van der Waals surface area contributed by atoms with Gasteiger partial charge in [-0.25, -0.2) is 4.98 Å². The summed E-state index contributed by atoms with van der Waals surface area (Å²) in [5, 5.41) is 0.889. The molecular formula is C7H10N2OS. The van der Waals surface area contributed by atoms with Crippen LogP contribution in [0.1, 0.15) is 6.92 Å².